The van der Waals surface area contributed by atoms with Crippen LogP contribution in [-0.2, 0) is 9.84 Å². The molecule has 6 heteroatoms. The van der Waals surface area contributed by atoms with Gasteiger partial charge in [-0.2, -0.15) is 11.3 Å². The van der Waals surface area contributed by atoms with Crippen molar-refractivity contribution in [2.75, 3.05) is 13.3 Å². The van der Waals surface area contributed by atoms with Crippen molar-refractivity contribution in [3.63, 3.8) is 0 Å². The van der Waals surface area contributed by atoms with Gasteiger partial charge >= 0.3 is 0 Å². The number of carbonyl (C=O) groups excluding carboxylic acids is 1. The lowest BCUT2D eigenvalue weighted by Crippen LogP contribution is -2.49. The van der Waals surface area contributed by atoms with Gasteiger partial charge in [0.15, 0.2) is 9.84 Å². The first-order chi connectivity index (χ1) is 8.91. The number of amides is 1. The molecule has 0 saturated heterocycles. The SMILES string of the molecule is CN(C(=O)c1ccsc1)[C@@H]1CCCC[C@@H]1S(C)(=O)=O. The van der Waals surface area contributed by atoms with Crippen LogP contribution in [-0.4, -0.2) is 43.8 Å². The molecule has 19 heavy (non-hydrogen) atoms. The second-order valence-corrected chi connectivity index (χ2v) is 8.19. The van der Waals surface area contributed by atoms with Crippen LogP contribution < -0.4 is 0 Å². The first kappa shape index (κ1) is 14.5. The van der Waals surface area contributed by atoms with E-state index in [1.54, 1.807) is 23.4 Å². The van der Waals surface area contributed by atoms with E-state index in [0.717, 1.165) is 19.3 Å². The molecule has 1 aliphatic carbocycles. The fourth-order valence-electron chi connectivity index (χ4n) is 2.76. The van der Waals surface area contributed by atoms with E-state index in [2.05, 4.69) is 0 Å². The van der Waals surface area contributed by atoms with Gasteiger partial charge < -0.3 is 4.90 Å². The first-order valence-corrected chi connectivity index (χ1v) is 9.29. The Hall–Kier alpha value is -0.880. The summed E-state index contributed by atoms with van der Waals surface area (Å²) in [7, 11) is -1.40. The zero-order valence-electron chi connectivity index (χ0n) is 11.2. The predicted octanol–water partition coefficient (Wildman–Crippen LogP) is 2.18. The van der Waals surface area contributed by atoms with Crippen LogP contribution in [0, 0.1) is 0 Å². The highest BCUT2D eigenvalue weighted by Crippen LogP contribution is 2.28. The molecular formula is C13H19NO3S2. The fourth-order valence-corrected chi connectivity index (χ4v) is 4.87. The van der Waals surface area contributed by atoms with Crippen LogP contribution in [0.25, 0.3) is 0 Å². The molecule has 0 spiro atoms. The number of hydrogen-bond donors (Lipinski definition) is 0. The lowest BCUT2D eigenvalue weighted by Gasteiger charge is -2.36. The van der Waals surface area contributed by atoms with Gasteiger partial charge in [0.25, 0.3) is 5.91 Å². The number of hydrogen-bond acceptors (Lipinski definition) is 4. The highest BCUT2D eigenvalue weighted by molar-refractivity contribution is 7.91. The van der Waals surface area contributed by atoms with Crippen molar-refractivity contribution in [2.24, 2.45) is 0 Å². The summed E-state index contributed by atoms with van der Waals surface area (Å²) in [5.41, 5.74) is 0.644. The van der Waals surface area contributed by atoms with E-state index in [4.69, 9.17) is 0 Å². The summed E-state index contributed by atoms with van der Waals surface area (Å²) in [6.45, 7) is 0. The molecule has 0 bridgehead atoms. The minimum Gasteiger partial charge on any atom is -0.337 e. The Balaban J connectivity index is 2.21. The zero-order valence-corrected chi connectivity index (χ0v) is 12.8. The van der Waals surface area contributed by atoms with Gasteiger partial charge in [-0.25, -0.2) is 8.42 Å². The van der Waals surface area contributed by atoms with Crippen molar-refractivity contribution in [3.8, 4) is 0 Å². The largest absolute Gasteiger partial charge is 0.337 e. The molecule has 1 aromatic heterocycles. The Bertz CT molecular complexity index is 536. The van der Waals surface area contributed by atoms with Crippen LogP contribution in [0.1, 0.15) is 36.0 Å². The molecular weight excluding hydrogens is 282 g/mol. The van der Waals surface area contributed by atoms with Gasteiger partial charge in [-0.1, -0.05) is 12.8 Å². The summed E-state index contributed by atoms with van der Waals surface area (Å²) in [4.78, 5) is 13.9. The Kier molecular flexibility index (Phi) is 4.30. The Labute approximate surface area is 118 Å². The molecule has 1 aromatic rings. The monoisotopic (exact) mass is 301 g/mol. The number of carbonyl (C=O) groups is 1. The van der Waals surface area contributed by atoms with Gasteiger partial charge in [-0.15, -0.1) is 0 Å². The van der Waals surface area contributed by atoms with Crippen molar-refractivity contribution >= 4 is 27.1 Å². The average molecular weight is 301 g/mol. The van der Waals surface area contributed by atoms with Gasteiger partial charge in [-0.3, -0.25) is 4.79 Å². The third-order valence-corrected chi connectivity index (χ3v) is 6.14. The fraction of sp³-hybridized carbons (Fsp3) is 0.615. The topological polar surface area (TPSA) is 54.5 Å². The van der Waals surface area contributed by atoms with E-state index in [1.165, 1.54) is 17.6 Å². The maximum atomic E-state index is 12.3. The van der Waals surface area contributed by atoms with E-state index >= 15 is 0 Å². The van der Waals surface area contributed by atoms with Crippen LogP contribution in [0.3, 0.4) is 0 Å². The molecule has 1 aliphatic rings. The molecule has 0 radical (unpaired) electrons. The van der Waals surface area contributed by atoms with Crippen molar-refractivity contribution in [3.05, 3.63) is 22.4 Å². The lowest BCUT2D eigenvalue weighted by molar-refractivity contribution is 0.0701. The summed E-state index contributed by atoms with van der Waals surface area (Å²) >= 11 is 1.47. The molecule has 1 heterocycles. The average Bonchev–Trinajstić information content (AvgIpc) is 2.90. The molecule has 2 rings (SSSR count). The number of sulfone groups is 1. The highest BCUT2D eigenvalue weighted by Gasteiger charge is 2.37. The summed E-state index contributed by atoms with van der Waals surface area (Å²) < 4.78 is 23.7. The number of nitrogens with zero attached hydrogens (tertiary/aromatic N) is 1. The summed E-state index contributed by atoms with van der Waals surface area (Å²) in [5, 5.41) is 3.24. The molecule has 106 valence electrons. The number of thiophene rings is 1. The van der Waals surface area contributed by atoms with Crippen molar-refractivity contribution in [2.45, 2.75) is 37.0 Å². The molecule has 1 fully saturated rings. The minimum atomic E-state index is -3.11. The second-order valence-electron chi connectivity index (χ2n) is 5.15. The maximum Gasteiger partial charge on any atom is 0.254 e. The molecule has 1 saturated carbocycles. The van der Waals surface area contributed by atoms with Crippen LogP contribution in [0.5, 0.6) is 0 Å². The Morgan fingerprint density at radius 3 is 2.63 bits per heavy atom. The van der Waals surface area contributed by atoms with Gasteiger partial charge in [0.05, 0.1) is 10.8 Å². The van der Waals surface area contributed by atoms with Gasteiger partial charge in [-0.05, 0) is 24.3 Å². The van der Waals surface area contributed by atoms with E-state index in [0.29, 0.717) is 12.0 Å². The van der Waals surface area contributed by atoms with E-state index < -0.39 is 15.1 Å². The van der Waals surface area contributed by atoms with E-state index in [1.807, 2.05) is 5.38 Å². The molecule has 2 atom stereocenters. The standard InChI is InChI=1S/C13H19NO3S2/c1-14(13(15)10-7-8-18-9-10)11-5-3-4-6-12(11)19(2,16)17/h7-9,11-12H,3-6H2,1-2H3/t11-,12+/m1/s1. The van der Waals surface area contributed by atoms with Crippen LogP contribution in [0.4, 0.5) is 0 Å². The van der Waals surface area contributed by atoms with Crippen molar-refractivity contribution < 1.29 is 13.2 Å². The molecule has 0 N–H and O–H groups in total. The molecule has 0 aliphatic heterocycles. The third kappa shape index (κ3) is 3.17. The Morgan fingerprint density at radius 1 is 1.37 bits per heavy atom. The second kappa shape index (κ2) is 5.63. The smallest absolute Gasteiger partial charge is 0.254 e. The molecule has 0 aromatic carbocycles. The number of rotatable bonds is 3. The lowest BCUT2D eigenvalue weighted by atomic mass is 9.93. The first-order valence-electron chi connectivity index (χ1n) is 6.39. The molecule has 0 unspecified atom stereocenters. The predicted molar refractivity (Wildman–Crippen MR) is 77.3 cm³/mol. The molecule has 1 amide bonds. The zero-order chi connectivity index (χ0) is 14.0. The normalized spacial score (nSPS) is 24.1. The van der Waals surface area contributed by atoms with Gasteiger partial charge in [0, 0.05) is 24.7 Å². The summed E-state index contributed by atoms with van der Waals surface area (Å²) in [6.07, 6.45) is 4.61. The van der Waals surface area contributed by atoms with Gasteiger partial charge in [0.1, 0.15) is 0 Å². The van der Waals surface area contributed by atoms with Crippen molar-refractivity contribution in [1.82, 2.24) is 4.90 Å². The van der Waals surface area contributed by atoms with E-state index in [-0.39, 0.29) is 11.9 Å². The van der Waals surface area contributed by atoms with Crippen LogP contribution in [0.2, 0.25) is 0 Å². The van der Waals surface area contributed by atoms with Gasteiger partial charge in [0.2, 0.25) is 0 Å². The quantitative estimate of drug-likeness (QED) is 0.860. The maximum absolute atomic E-state index is 12.3. The van der Waals surface area contributed by atoms with Crippen LogP contribution in [0.15, 0.2) is 16.8 Å². The minimum absolute atomic E-state index is 0.0817. The summed E-state index contributed by atoms with van der Waals surface area (Å²) in [6, 6.07) is 1.58. The molecule has 4 nitrogen and oxygen atoms in total. The van der Waals surface area contributed by atoms with Crippen LogP contribution >= 0.6 is 11.3 Å². The summed E-state index contributed by atoms with van der Waals surface area (Å²) in [5.74, 6) is -0.0817. The third-order valence-electron chi connectivity index (χ3n) is 3.80. The van der Waals surface area contributed by atoms with E-state index in [9.17, 15) is 13.2 Å². The highest BCUT2D eigenvalue weighted by atomic mass is 32.2. The Morgan fingerprint density at radius 2 is 2.05 bits per heavy atom. The van der Waals surface area contributed by atoms with Crippen molar-refractivity contribution in [1.29, 1.82) is 0 Å².